The topological polar surface area (TPSA) is 50.3 Å². The van der Waals surface area contributed by atoms with Gasteiger partial charge in [-0.25, -0.2) is 8.42 Å². The Bertz CT molecular complexity index is 706. The van der Waals surface area contributed by atoms with Gasteiger partial charge in [0.1, 0.15) is 0 Å². The van der Waals surface area contributed by atoms with Crippen LogP contribution in [0, 0.1) is 0 Å². The molecule has 0 atom stereocenters. The van der Waals surface area contributed by atoms with E-state index in [2.05, 4.69) is 36.8 Å². The molecule has 20 heavy (non-hydrogen) atoms. The van der Waals surface area contributed by atoms with Crippen molar-refractivity contribution in [2.45, 2.75) is 11.4 Å². The molecule has 2 rings (SSSR count). The minimum Gasteiger partial charge on any atom is -0.260 e. The highest BCUT2D eigenvalue weighted by atomic mass is 79.9. The van der Waals surface area contributed by atoms with Crippen LogP contribution in [0.2, 0.25) is 0 Å². The quantitative estimate of drug-likeness (QED) is 0.762. The predicted molar refractivity (Wildman–Crippen MR) is 84.7 cm³/mol. The number of hydrogen-bond donors (Lipinski definition) is 0. The van der Waals surface area contributed by atoms with E-state index in [-0.39, 0.29) is 11.4 Å². The monoisotopic (exact) mass is 418 g/mol. The summed E-state index contributed by atoms with van der Waals surface area (Å²) in [6, 6.07) is 10.5. The van der Waals surface area contributed by atoms with Gasteiger partial charge in [0.25, 0.3) is 0 Å². The van der Waals surface area contributed by atoms with Crippen LogP contribution in [0.5, 0.6) is 0 Å². The third-order valence-corrected chi connectivity index (χ3v) is 5.98. The van der Waals surface area contributed by atoms with E-state index < -0.39 is 10.0 Å². The molecule has 1 aromatic carbocycles. The second-order valence-corrected chi connectivity index (χ2v) is 7.94. The molecular formula is C13H12Br2N2O2S. The molecule has 0 saturated carbocycles. The van der Waals surface area contributed by atoms with Gasteiger partial charge in [-0.1, -0.05) is 22.0 Å². The zero-order valence-electron chi connectivity index (χ0n) is 10.6. The maximum atomic E-state index is 12.6. The second-order valence-electron chi connectivity index (χ2n) is 4.16. The fourth-order valence-corrected chi connectivity index (χ4v) is 4.25. The van der Waals surface area contributed by atoms with Crippen LogP contribution in [0.4, 0.5) is 0 Å². The maximum absolute atomic E-state index is 12.6. The SMILES string of the molecule is CN(Cc1ccccn1)S(=O)(=O)c1cc(Br)ccc1Br. The maximum Gasteiger partial charge on any atom is 0.244 e. The Balaban J connectivity index is 2.32. The van der Waals surface area contributed by atoms with E-state index in [1.165, 1.54) is 11.4 Å². The molecule has 0 saturated heterocycles. The van der Waals surface area contributed by atoms with Crippen molar-refractivity contribution in [1.29, 1.82) is 0 Å². The summed E-state index contributed by atoms with van der Waals surface area (Å²) in [6.45, 7) is 0.224. The Morgan fingerprint density at radius 1 is 1.20 bits per heavy atom. The molecule has 2 aromatic rings. The Kier molecular flexibility index (Phi) is 4.95. The number of sulfonamides is 1. The number of pyridine rings is 1. The van der Waals surface area contributed by atoms with Gasteiger partial charge in [0.05, 0.1) is 17.1 Å². The van der Waals surface area contributed by atoms with E-state index in [1.54, 1.807) is 36.5 Å². The molecule has 7 heteroatoms. The molecule has 0 fully saturated rings. The van der Waals surface area contributed by atoms with Gasteiger partial charge < -0.3 is 0 Å². The van der Waals surface area contributed by atoms with Crippen LogP contribution in [-0.2, 0) is 16.6 Å². The summed E-state index contributed by atoms with van der Waals surface area (Å²) in [5.74, 6) is 0. The van der Waals surface area contributed by atoms with Crippen LogP contribution in [0.25, 0.3) is 0 Å². The average molecular weight is 420 g/mol. The predicted octanol–water partition coefficient (Wildman–Crippen LogP) is 3.43. The minimum absolute atomic E-state index is 0.224. The smallest absolute Gasteiger partial charge is 0.244 e. The van der Waals surface area contributed by atoms with E-state index >= 15 is 0 Å². The number of aromatic nitrogens is 1. The molecule has 0 radical (unpaired) electrons. The standard InChI is InChI=1S/C13H12Br2N2O2S/c1-17(9-11-4-2-3-7-16-11)20(18,19)13-8-10(14)5-6-12(13)15/h2-8H,9H2,1H3. The summed E-state index contributed by atoms with van der Waals surface area (Å²) >= 11 is 6.57. The zero-order chi connectivity index (χ0) is 14.8. The van der Waals surface area contributed by atoms with Gasteiger partial charge in [-0.05, 0) is 46.3 Å². The van der Waals surface area contributed by atoms with Gasteiger partial charge >= 0.3 is 0 Å². The van der Waals surface area contributed by atoms with Crippen LogP contribution >= 0.6 is 31.9 Å². The third-order valence-electron chi connectivity index (χ3n) is 2.69. The highest BCUT2D eigenvalue weighted by Crippen LogP contribution is 2.28. The molecule has 0 bridgehead atoms. The molecule has 0 N–H and O–H groups in total. The Labute approximate surface area is 135 Å². The van der Waals surface area contributed by atoms with E-state index in [4.69, 9.17) is 0 Å². The minimum atomic E-state index is -3.57. The van der Waals surface area contributed by atoms with Crippen LogP contribution in [0.1, 0.15) is 5.69 Å². The highest BCUT2D eigenvalue weighted by molar-refractivity contribution is 9.11. The summed E-state index contributed by atoms with van der Waals surface area (Å²) in [7, 11) is -2.03. The van der Waals surface area contributed by atoms with Crippen molar-refractivity contribution in [1.82, 2.24) is 9.29 Å². The fraction of sp³-hybridized carbons (Fsp3) is 0.154. The Morgan fingerprint density at radius 3 is 2.60 bits per heavy atom. The lowest BCUT2D eigenvalue weighted by Crippen LogP contribution is -2.27. The van der Waals surface area contributed by atoms with Crippen LogP contribution in [0.3, 0.4) is 0 Å². The zero-order valence-corrected chi connectivity index (χ0v) is 14.6. The van der Waals surface area contributed by atoms with Gasteiger partial charge in [0.15, 0.2) is 0 Å². The second kappa shape index (κ2) is 6.34. The largest absolute Gasteiger partial charge is 0.260 e. The normalized spacial score (nSPS) is 11.8. The number of nitrogens with zero attached hydrogens (tertiary/aromatic N) is 2. The van der Waals surface area contributed by atoms with Crippen molar-refractivity contribution in [3.05, 3.63) is 57.2 Å². The molecule has 0 aliphatic carbocycles. The first-order valence-corrected chi connectivity index (χ1v) is 8.75. The number of rotatable bonds is 4. The molecule has 0 spiro atoms. The first-order chi connectivity index (χ1) is 9.41. The van der Waals surface area contributed by atoms with Crippen molar-refractivity contribution in [3.63, 3.8) is 0 Å². The molecule has 1 heterocycles. The van der Waals surface area contributed by atoms with Crippen LogP contribution < -0.4 is 0 Å². The lowest BCUT2D eigenvalue weighted by Gasteiger charge is -2.17. The summed E-state index contributed by atoms with van der Waals surface area (Å²) in [4.78, 5) is 4.37. The third kappa shape index (κ3) is 3.46. The van der Waals surface area contributed by atoms with Gasteiger partial charge in [0, 0.05) is 22.2 Å². The van der Waals surface area contributed by atoms with E-state index in [1.807, 2.05) is 6.07 Å². The van der Waals surface area contributed by atoms with Crippen molar-refractivity contribution >= 4 is 41.9 Å². The highest BCUT2D eigenvalue weighted by Gasteiger charge is 2.24. The summed E-state index contributed by atoms with van der Waals surface area (Å²) in [6.07, 6.45) is 1.64. The summed E-state index contributed by atoms with van der Waals surface area (Å²) < 4.78 is 27.6. The average Bonchev–Trinajstić information content (AvgIpc) is 2.42. The molecule has 4 nitrogen and oxygen atoms in total. The summed E-state index contributed by atoms with van der Waals surface area (Å²) in [5.41, 5.74) is 0.699. The van der Waals surface area contributed by atoms with Gasteiger partial charge in [-0.2, -0.15) is 4.31 Å². The van der Waals surface area contributed by atoms with E-state index in [9.17, 15) is 8.42 Å². The molecule has 0 aliphatic heterocycles. The van der Waals surface area contributed by atoms with Crippen molar-refractivity contribution < 1.29 is 8.42 Å². The lowest BCUT2D eigenvalue weighted by atomic mass is 10.3. The molecular weight excluding hydrogens is 408 g/mol. The van der Waals surface area contributed by atoms with Gasteiger partial charge in [-0.15, -0.1) is 0 Å². The molecule has 0 aliphatic rings. The number of halogens is 2. The first kappa shape index (κ1) is 15.6. The van der Waals surface area contributed by atoms with Gasteiger partial charge in [0.2, 0.25) is 10.0 Å². The van der Waals surface area contributed by atoms with E-state index in [0.29, 0.717) is 14.6 Å². The molecule has 106 valence electrons. The number of benzene rings is 1. The van der Waals surface area contributed by atoms with Gasteiger partial charge in [-0.3, -0.25) is 4.98 Å². The fourth-order valence-electron chi connectivity index (χ4n) is 1.65. The van der Waals surface area contributed by atoms with E-state index in [0.717, 1.165) is 0 Å². The molecule has 0 unspecified atom stereocenters. The molecule has 0 amide bonds. The van der Waals surface area contributed by atoms with Crippen molar-refractivity contribution in [2.24, 2.45) is 0 Å². The van der Waals surface area contributed by atoms with Crippen LogP contribution in [-0.4, -0.2) is 24.8 Å². The molecule has 1 aromatic heterocycles. The van der Waals surface area contributed by atoms with Crippen molar-refractivity contribution in [3.8, 4) is 0 Å². The van der Waals surface area contributed by atoms with Crippen molar-refractivity contribution in [2.75, 3.05) is 7.05 Å². The number of hydrogen-bond acceptors (Lipinski definition) is 3. The van der Waals surface area contributed by atoms with Crippen LogP contribution in [0.15, 0.2) is 56.4 Å². The Morgan fingerprint density at radius 2 is 1.95 bits per heavy atom. The lowest BCUT2D eigenvalue weighted by molar-refractivity contribution is 0.461. The summed E-state index contributed by atoms with van der Waals surface area (Å²) in [5, 5.41) is 0. The first-order valence-electron chi connectivity index (χ1n) is 5.72. The Hall–Kier alpha value is -0.760.